The van der Waals surface area contributed by atoms with Crippen LogP contribution >= 0.6 is 0 Å². The van der Waals surface area contributed by atoms with Crippen molar-refractivity contribution < 1.29 is 4.42 Å². The Morgan fingerprint density at radius 1 is 1.11 bits per heavy atom. The first-order chi connectivity index (χ1) is 8.69. The van der Waals surface area contributed by atoms with Crippen LogP contribution in [0.5, 0.6) is 0 Å². The predicted molar refractivity (Wildman–Crippen MR) is 78.0 cm³/mol. The van der Waals surface area contributed by atoms with Gasteiger partial charge in [0.1, 0.15) is 11.5 Å². The van der Waals surface area contributed by atoms with E-state index in [1.165, 1.54) is 50.5 Å². The quantitative estimate of drug-likeness (QED) is 0.631. The van der Waals surface area contributed by atoms with E-state index in [0.29, 0.717) is 6.04 Å². The number of unbranched alkanes of at least 4 members (excludes halogenated alkanes) is 5. The van der Waals surface area contributed by atoms with Gasteiger partial charge in [0.2, 0.25) is 0 Å². The van der Waals surface area contributed by atoms with Crippen LogP contribution in [0.1, 0.15) is 75.0 Å². The van der Waals surface area contributed by atoms with Crippen molar-refractivity contribution in [3.63, 3.8) is 0 Å². The maximum Gasteiger partial charge on any atom is 0.105 e. The lowest BCUT2D eigenvalue weighted by atomic mass is 10.00. The molecule has 1 unspecified atom stereocenters. The minimum absolute atomic E-state index is 0.452. The number of rotatable bonds is 9. The van der Waals surface area contributed by atoms with Crippen molar-refractivity contribution in [2.24, 2.45) is 0 Å². The fraction of sp³-hybridized carbons (Fsp3) is 0.750. The molecule has 1 aromatic heterocycles. The van der Waals surface area contributed by atoms with E-state index < -0.39 is 0 Å². The van der Waals surface area contributed by atoms with Crippen LogP contribution in [0.3, 0.4) is 0 Å². The molecule has 0 radical (unpaired) electrons. The van der Waals surface area contributed by atoms with Gasteiger partial charge in [0, 0.05) is 11.6 Å². The fourth-order valence-electron chi connectivity index (χ4n) is 2.58. The molecule has 0 aliphatic heterocycles. The molecule has 1 aromatic rings. The highest BCUT2D eigenvalue weighted by Crippen LogP contribution is 2.25. The molecule has 0 aromatic carbocycles. The van der Waals surface area contributed by atoms with Gasteiger partial charge in [-0.3, -0.25) is 0 Å². The van der Waals surface area contributed by atoms with E-state index in [1.54, 1.807) is 0 Å². The zero-order valence-corrected chi connectivity index (χ0v) is 12.5. The van der Waals surface area contributed by atoms with Gasteiger partial charge < -0.3 is 9.73 Å². The summed E-state index contributed by atoms with van der Waals surface area (Å²) in [7, 11) is 2.05. The highest BCUT2D eigenvalue weighted by Gasteiger charge is 2.14. The predicted octanol–water partition coefficient (Wildman–Crippen LogP) is 4.91. The van der Waals surface area contributed by atoms with E-state index in [2.05, 4.69) is 25.2 Å². The zero-order chi connectivity index (χ0) is 13.4. The molecule has 2 nitrogen and oxygen atoms in total. The monoisotopic (exact) mass is 251 g/mol. The first-order valence-corrected chi connectivity index (χ1v) is 7.43. The van der Waals surface area contributed by atoms with E-state index in [-0.39, 0.29) is 0 Å². The number of hydrogen-bond donors (Lipinski definition) is 1. The summed E-state index contributed by atoms with van der Waals surface area (Å²) in [5.74, 6) is 2.09. The van der Waals surface area contributed by atoms with Crippen molar-refractivity contribution in [2.45, 2.75) is 71.8 Å². The van der Waals surface area contributed by atoms with Crippen LogP contribution < -0.4 is 5.32 Å². The van der Waals surface area contributed by atoms with Gasteiger partial charge in [0.15, 0.2) is 0 Å². The Bertz CT molecular complexity index is 330. The molecule has 0 aliphatic carbocycles. The summed E-state index contributed by atoms with van der Waals surface area (Å²) < 4.78 is 5.62. The van der Waals surface area contributed by atoms with E-state index in [0.717, 1.165) is 11.5 Å². The minimum Gasteiger partial charge on any atom is -0.466 e. The van der Waals surface area contributed by atoms with Gasteiger partial charge in [-0.15, -0.1) is 0 Å². The maximum absolute atomic E-state index is 5.62. The zero-order valence-electron chi connectivity index (χ0n) is 12.5. The lowest BCUT2D eigenvalue weighted by Crippen LogP contribution is -2.16. The summed E-state index contributed by atoms with van der Waals surface area (Å²) in [5.41, 5.74) is 1.34. The van der Waals surface area contributed by atoms with Crippen molar-refractivity contribution >= 4 is 0 Å². The largest absolute Gasteiger partial charge is 0.466 e. The summed E-state index contributed by atoms with van der Waals surface area (Å²) >= 11 is 0. The molecule has 0 bridgehead atoms. The summed E-state index contributed by atoms with van der Waals surface area (Å²) in [4.78, 5) is 0. The van der Waals surface area contributed by atoms with E-state index >= 15 is 0 Å². The molecule has 0 saturated heterocycles. The lowest BCUT2D eigenvalue weighted by Gasteiger charge is -2.15. The van der Waals surface area contributed by atoms with E-state index in [9.17, 15) is 0 Å². The first kappa shape index (κ1) is 15.3. The second-order valence-electron chi connectivity index (χ2n) is 5.27. The smallest absolute Gasteiger partial charge is 0.105 e. The second kappa shape index (κ2) is 8.36. The van der Waals surface area contributed by atoms with Crippen molar-refractivity contribution in [2.75, 3.05) is 7.05 Å². The number of furan rings is 1. The van der Waals surface area contributed by atoms with Gasteiger partial charge >= 0.3 is 0 Å². The van der Waals surface area contributed by atoms with Crippen LogP contribution in [-0.4, -0.2) is 7.05 Å². The molecule has 0 fully saturated rings. The Hall–Kier alpha value is -0.760. The van der Waals surface area contributed by atoms with E-state index in [1.807, 2.05) is 14.0 Å². The van der Waals surface area contributed by atoms with Gasteiger partial charge in [-0.05, 0) is 33.4 Å². The molecule has 18 heavy (non-hydrogen) atoms. The molecule has 1 atom stereocenters. The van der Waals surface area contributed by atoms with Gasteiger partial charge in [-0.1, -0.05) is 45.4 Å². The summed E-state index contributed by atoms with van der Waals surface area (Å²) in [6.07, 6.45) is 9.36. The highest BCUT2D eigenvalue weighted by atomic mass is 16.3. The standard InChI is InChI=1S/C16H29NO/c1-5-6-7-8-9-10-11-16(17-4)15-12-13(2)18-14(15)3/h12,16-17H,5-11H2,1-4H3. The molecular formula is C16H29NO. The van der Waals surface area contributed by atoms with Crippen LogP contribution in [0.15, 0.2) is 10.5 Å². The van der Waals surface area contributed by atoms with Crippen LogP contribution in [0.2, 0.25) is 0 Å². The molecule has 1 heterocycles. The van der Waals surface area contributed by atoms with Crippen molar-refractivity contribution in [1.29, 1.82) is 0 Å². The molecule has 1 rings (SSSR count). The van der Waals surface area contributed by atoms with E-state index in [4.69, 9.17) is 4.42 Å². The highest BCUT2D eigenvalue weighted by molar-refractivity contribution is 5.23. The second-order valence-corrected chi connectivity index (χ2v) is 5.27. The van der Waals surface area contributed by atoms with Crippen molar-refractivity contribution in [3.05, 3.63) is 23.2 Å². The topological polar surface area (TPSA) is 25.2 Å². The molecule has 0 aliphatic rings. The first-order valence-electron chi connectivity index (χ1n) is 7.43. The van der Waals surface area contributed by atoms with Crippen LogP contribution in [-0.2, 0) is 0 Å². The molecule has 2 heteroatoms. The minimum atomic E-state index is 0.452. The molecule has 0 spiro atoms. The summed E-state index contributed by atoms with van der Waals surface area (Å²) in [6, 6.07) is 2.63. The average molecular weight is 251 g/mol. The Morgan fingerprint density at radius 2 is 1.78 bits per heavy atom. The van der Waals surface area contributed by atoms with Crippen LogP contribution in [0.25, 0.3) is 0 Å². The number of aryl methyl sites for hydroxylation is 2. The maximum atomic E-state index is 5.62. The number of nitrogens with one attached hydrogen (secondary N) is 1. The Morgan fingerprint density at radius 3 is 2.33 bits per heavy atom. The third-order valence-electron chi connectivity index (χ3n) is 3.65. The molecule has 0 saturated carbocycles. The van der Waals surface area contributed by atoms with Crippen LogP contribution in [0.4, 0.5) is 0 Å². The Balaban J connectivity index is 2.32. The van der Waals surface area contributed by atoms with Gasteiger partial charge in [0.25, 0.3) is 0 Å². The van der Waals surface area contributed by atoms with Crippen molar-refractivity contribution in [1.82, 2.24) is 5.32 Å². The molecular weight excluding hydrogens is 222 g/mol. The average Bonchev–Trinajstić information content (AvgIpc) is 2.68. The SMILES string of the molecule is CCCCCCCCC(NC)c1cc(C)oc1C. The fourth-order valence-corrected chi connectivity index (χ4v) is 2.58. The lowest BCUT2D eigenvalue weighted by molar-refractivity contribution is 0.470. The van der Waals surface area contributed by atoms with Gasteiger partial charge in [-0.25, -0.2) is 0 Å². The third-order valence-corrected chi connectivity index (χ3v) is 3.65. The molecule has 0 amide bonds. The number of hydrogen-bond acceptors (Lipinski definition) is 2. The normalized spacial score (nSPS) is 12.9. The third kappa shape index (κ3) is 4.85. The molecule has 1 N–H and O–H groups in total. The Labute approximate surface area is 112 Å². The molecule has 104 valence electrons. The summed E-state index contributed by atoms with van der Waals surface area (Å²) in [5, 5.41) is 3.41. The van der Waals surface area contributed by atoms with Crippen molar-refractivity contribution in [3.8, 4) is 0 Å². The van der Waals surface area contributed by atoms with Gasteiger partial charge in [0.05, 0.1) is 0 Å². The summed E-state index contributed by atoms with van der Waals surface area (Å²) in [6.45, 7) is 6.35. The van der Waals surface area contributed by atoms with Crippen LogP contribution in [0, 0.1) is 13.8 Å². The van der Waals surface area contributed by atoms with Gasteiger partial charge in [-0.2, -0.15) is 0 Å². The Kier molecular flexibility index (Phi) is 7.11.